The molecule has 0 saturated carbocycles. The Morgan fingerprint density at radius 2 is 1.60 bits per heavy atom. The zero-order valence-corrected chi connectivity index (χ0v) is 25.1. The predicted octanol–water partition coefficient (Wildman–Crippen LogP) is 4.19. The van der Waals surface area contributed by atoms with Crippen molar-refractivity contribution in [1.29, 1.82) is 0 Å². The standard InChI is InChI=1S/C33H35N3O6S/c1-34-33(38)29-5-3-4-6-31(29)43-27-12-13-28-25(21-27)22-35-30(28)14-9-24-7-10-26(11-8-24)36-32(37)23-42-20-19-41-18-17-40-16-15-39-2/h3-8,10-13,21H,15-20,22-23H2,1-2H3,(H,34,38)(H,36,37). The fraction of sp³-hybridized carbons (Fsp3) is 0.303. The van der Waals surface area contributed by atoms with Crippen LogP contribution in [0.4, 0.5) is 5.69 Å². The fourth-order valence-electron chi connectivity index (χ4n) is 4.07. The lowest BCUT2D eigenvalue weighted by molar-refractivity contribution is -0.121. The number of aliphatic imine (C=N–C) groups is 1. The zero-order valence-electron chi connectivity index (χ0n) is 24.3. The third kappa shape index (κ3) is 10.1. The van der Waals surface area contributed by atoms with Crippen LogP contribution in [0.5, 0.6) is 0 Å². The summed E-state index contributed by atoms with van der Waals surface area (Å²) in [5, 5.41) is 5.51. The molecule has 43 heavy (non-hydrogen) atoms. The number of nitrogens with one attached hydrogen (secondary N) is 2. The predicted molar refractivity (Wildman–Crippen MR) is 167 cm³/mol. The van der Waals surface area contributed by atoms with Gasteiger partial charge in [0.25, 0.3) is 5.91 Å². The van der Waals surface area contributed by atoms with Gasteiger partial charge >= 0.3 is 0 Å². The Kier molecular flexibility index (Phi) is 12.8. The van der Waals surface area contributed by atoms with Gasteiger partial charge in [-0.15, -0.1) is 0 Å². The van der Waals surface area contributed by atoms with Crippen LogP contribution in [0.3, 0.4) is 0 Å². The van der Waals surface area contributed by atoms with Crippen molar-refractivity contribution in [3.8, 4) is 11.8 Å². The summed E-state index contributed by atoms with van der Waals surface area (Å²) in [4.78, 5) is 30.9. The van der Waals surface area contributed by atoms with Crippen molar-refractivity contribution >= 4 is 35.0 Å². The lowest BCUT2D eigenvalue weighted by atomic mass is 10.1. The SMILES string of the molecule is CNC(=O)c1ccccc1Sc1ccc2c(c1)CN=C2C#Cc1ccc(NC(=O)COCCOCCOCCOC)cc1. The van der Waals surface area contributed by atoms with Crippen LogP contribution >= 0.6 is 11.8 Å². The average molecular weight is 602 g/mol. The van der Waals surface area contributed by atoms with E-state index in [0.717, 1.165) is 32.2 Å². The van der Waals surface area contributed by atoms with E-state index in [1.54, 1.807) is 38.1 Å². The second-order valence-corrected chi connectivity index (χ2v) is 10.4. The Balaban J connectivity index is 1.22. The summed E-state index contributed by atoms with van der Waals surface area (Å²) in [7, 11) is 3.26. The van der Waals surface area contributed by atoms with Gasteiger partial charge in [-0.05, 0) is 60.0 Å². The van der Waals surface area contributed by atoms with Gasteiger partial charge in [-0.3, -0.25) is 14.6 Å². The number of carbonyl (C=O) groups is 2. The van der Waals surface area contributed by atoms with E-state index in [0.29, 0.717) is 57.4 Å². The first-order valence-corrected chi connectivity index (χ1v) is 14.7. The number of methoxy groups -OCH3 is 1. The summed E-state index contributed by atoms with van der Waals surface area (Å²) in [5.74, 6) is 6.00. The molecule has 0 aliphatic carbocycles. The Labute approximate surface area is 256 Å². The van der Waals surface area contributed by atoms with Gasteiger partial charge in [-0.2, -0.15) is 0 Å². The molecule has 2 amide bonds. The van der Waals surface area contributed by atoms with Crippen molar-refractivity contribution in [2.24, 2.45) is 4.99 Å². The Hall–Kier alpha value is -3.98. The highest BCUT2D eigenvalue weighted by Crippen LogP contribution is 2.33. The number of amides is 2. The van der Waals surface area contributed by atoms with Crippen LogP contribution in [0.2, 0.25) is 0 Å². The van der Waals surface area contributed by atoms with Crippen LogP contribution in [-0.2, 0) is 30.3 Å². The highest BCUT2D eigenvalue weighted by molar-refractivity contribution is 7.99. The molecule has 0 spiro atoms. The minimum absolute atomic E-state index is 0.0602. The van der Waals surface area contributed by atoms with Crippen molar-refractivity contribution in [2.45, 2.75) is 16.3 Å². The molecule has 3 aromatic rings. The number of anilines is 1. The van der Waals surface area contributed by atoms with E-state index in [-0.39, 0.29) is 18.4 Å². The average Bonchev–Trinajstić information content (AvgIpc) is 3.43. The molecule has 0 fully saturated rings. The van der Waals surface area contributed by atoms with Gasteiger partial charge in [0, 0.05) is 40.8 Å². The smallest absolute Gasteiger partial charge is 0.252 e. The van der Waals surface area contributed by atoms with Crippen molar-refractivity contribution < 1.29 is 28.5 Å². The van der Waals surface area contributed by atoms with E-state index in [2.05, 4.69) is 33.5 Å². The van der Waals surface area contributed by atoms with Crippen LogP contribution in [0.1, 0.15) is 27.0 Å². The van der Waals surface area contributed by atoms with Gasteiger partial charge in [0.05, 0.1) is 51.7 Å². The van der Waals surface area contributed by atoms with Crippen molar-refractivity contribution in [3.63, 3.8) is 0 Å². The van der Waals surface area contributed by atoms with Gasteiger partial charge in [-0.25, -0.2) is 0 Å². The van der Waals surface area contributed by atoms with E-state index in [1.807, 2.05) is 48.5 Å². The van der Waals surface area contributed by atoms with Crippen LogP contribution in [-0.4, -0.2) is 77.9 Å². The van der Waals surface area contributed by atoms with E-state index in [4.69, 9.17) is 18.9 Å². The summed E-state index contributed by atoms with van der Waals surface area (Å²) in [6.07, 6.45) is 0. The third-order valence-corrected chi connectivity index (χ3v) is 7.29. The largest absolute Gasteiger partial charge is 0.382 e. The number of benzene rings is 3. The molecule has 0 saturated heterocycles. The molecule has 3 aromatic carbocycles. The maximum Gasteiger partial charge on any atom is 0.252 e. The molecule has 0 aromatic heterocycles. The molecular weight excluding hydrogens is 566 g/mol. The van der Waals surface area contributed by atoms with Gasteiger partial charge in [0.2, 0.25) is 5.91 Å². The summed E-state index contributed by atoms with van der Waals surface area (Å²) >= 11 is 1.55. The summed E-state index contributed by atoms with van der Waals surface area (Å²) in [6.45, 7) is 3.25. The lowest BCUT2D eigenvalue weighted by Crippen LogP contribution is -2.20. The Bertz CT molecular complexity index is 1480. The van der Waals surface area contributed by atoms with Gasteiger partial charge in [0.1, 0.15) is 12.3 Å². The van der Waals surface area contributed by atoms with E-state index >= 15 is 0 Å². The molecule has 0 radical (unpaired) electrons. The molecule has 1 heterocycles. The van der Waals surface area contributed by atoms with Gasteiger partial charge in [0.15, 0.2) is 0 Å². The first-order valence-electron chi connectivity index (χ1n) is 13.9. The molecule has 2 N–H and O–H groups in total. The second kappa shape index (κ2) is 17.2. The van der Waals surface area contributed by atoms with Crippen LogP contribution < -0.4 is 10.6 Å². The molecular formula is C33H35N3O6S. The zero-order chi connectivity index (χ0) is 30.3. The highest BCUT2D eigenvalue weighted by atomic mass is 32.2. The van der Waals surface area contributed by atoms with Gasteiger partial charge in [-0.1, -0.05) is 35.9 Å². The quantitative estimate of drug-likeness (QED) is 0.199. The fourth-order valence-corrected chi connectivity index (χ4v) is 5.08. The van der Waals surface area contributed by atoms with Gasteiger partial charge < -0.3 is 29.6 Å². The van der Waals surface area contributed by atoms with Crippen molar-refractivity contribution in [1.82, 2.24) is 5.32 Å². The summed E-state index contributed by atoms with van der Waals surface area (Å²) in [6, 6.07) is 21.0. The van der Waals surface area contributed by atoms with Crippen LogP contribution in [0.15, 0.2) is 81.5 Å². The molecule has 224 valence electrons. The van der Waals surface area contributed by atoms with Crippen LogP contribution in [0.25, 0.3) is 0 Å². The molecule has 10 heteroatoms. The molecule has 4 rings (SSSR count). The first kappa shape index (κ1) is 31.9. The monoisotopic (exact) mass is 601 g/mol. The molecule has 1 aliphatic rings. The number of hydrogen-bond acceptors (Lipinski definition) is 8. The summed E-state index contributed by atoms with van der Waals surface area (Å²) < 4.78 is 21.0. The molecule has 0 atom stereocenters. The number of rotatable bonds is 15. The molecule has 1 aliphatic heterocycles. The van der Waals surface area contributed by atoms with Crippen LogP contribution in [0, 0.1) is 11.8 Å². The molecule has 0 bridgehead atoms. The maximum atomic E-state index is 12.2. The van der Waals surface area contributed by atoms with E-state index in [9.17, 15) is 9.59 Å². The Morgan fingerprint density at radius 3 is 2.35 bits per heavy atom. The van der Waals surface area contributed by atoms with Crippen molar-refractivity contribution in [2.75, 3.05) is 65.7 Å². The normalized spacial score (nSPS) is 11.7. The maximum absolute atomic E-state index is 12.2. The topological polar surface area (TPSA) is 107 Å². The molecule has 9 nitrogen and oxygen atoms in total. The van der Waals surface area contributed by atoms with E-state index in [1.165, 1.54) is 0 Å². The number of hydrogen-bond donors (Lipinski definition) is 2. The lowest BCUT2D eigenvalue weighted by Gasteiger charge is -2.09. The van der Waals surface area contributed by atoms with Crippen molar-refractivity contribution in [3.05, 3.63) is 89.0 Å². The number of ether oxygens (including phenoxy) is 4. The summed E-state index contributed by atoms with van der Waals surface area (Å²) in [5.41, 5.74) is 4.98. The number of nitrogens with zero attached hydrogens (tertiary/aromatic N) is 1. The number of carbonyl (C=O) groups excluding carboxylic acids is 2. The second-order valence-electron chi connectivity index (χ2n) is 9.31. The first-order chi connectivity index (χ1) is 21.1. The van der Waals surface area contributed by atoms with E-state index < -0.39 is 0 Å². The molecule has 0 unspecified atom stereocenters. The number of fused-ring (bicyclic) bond motifs is 1. The third-order valence-electron chi connectivity index (χ3n) is 6.23. The highest BCUT2D eigenvalue weighted by Gasteiger charge is 2.16. The Morgan fingerprint density at radius 1 is 0.884 bits per heavy atom. The minimum atomic E-state index is -0.242. The minimum Gasteiger partial charge on any atom is -0.382 e.